The van der Waals surface area contributed by atoms with Crippen LogP contribution in [-0.4, -0.2) is 45.4 Å². The van der Waals surface area contributed by atoms with E-state index in [0.717, 1.165) is 24.3 Å². The number of aryl methyl sites for hydroxylation is 1. The minimum absolute atomic E-state index is 0.172. The third-order valence-corrected chi connectivity index (χ3v) is 7.16. The van der Waals surface area contributed by atoms with Crippen LogP contribution in [0, 0.1) is 6.92 Å². The Morgan fingerprint density at radius 3 is 2.67 bits per heavy atom. The largest absolute Gasteiger partial charge is 0.329 e. The van der Waals surface area contributed by atoms with Crippen molar-refractivity contribution in [2.45, 2.75) is 38.3 Å². The Balaban J connectivity index is 1.31. The molecule has 0 aliphatic carbocycles. The standard InChI is InChI=1S/C22H23N5O2S/c1-14-3-5-17(12-23-14)27-20(28)22(25-21(27)29)7-9-26(10-8-22)15(2)16-4-6-19-18(11-16)24-13-30-19/h3-6,11-13,15H,7-10H2,1-2H3,(H,25,29)/t15-/m0/s1. The number of nitrogens with one attached hydrogen (secondary N) is 1. The van der Waals surface area contributed by atoms with E-state index in [-0.39, 0.29) is 18.0 Å². The monoisotopic (exact) mass is 421 g/mol. The Hall–Kier alpha value is -2.84. The first-order valence-corrected chi connectivity index (χ1v) is 11.0. The van der Waals surface area contributed by atoms with Gasteiger partial charge in [-0.05, 0) is 56.5 Å². The van der Waals surface area contributed by atoms with Gasteiger partial charge in [0, 0.05) is 24.8 Å². The van der Waals surface area contributed by atoms with Crippen LogP contribution < -0.4 is 10.2 Å². The minimum Gasteiger partial charge on any atom is -0.323 e. The van der Waals surface area contributed by atoms with Gasteiger partial charge in [0.05, 0.1) is 27.6 Å². The third kappa shape index (κ3) is 3.07. The molecule has 1 aromatic carbocycles. The number of pyridine rings is 1. The number of carbonyl (C=O) groups excluding carboxylic acids is 2. The van der Waals surface area contributed by atoms with Crippen LogP contribution in [0.5, 0.6) is 0 Å². The zero-order chi connectivity index (χ0) is 20.9. The normalized spacial score (nSPS) is 20.1. The van der Waals surface area contributed by atoms with E-state index in [4.69, 9.17) is 0 Å². The lowest BCUT2D eigenvalue weighted by Gasteiger charge is -2.40. The number of nitrogens with zero attached hydrogens (tertiary/aromatic N) is 4. The second kappa shape index (κ2) is 7.14. The molecule has 3 aromatic rings. The number of fused-ring (bicyclic) bond motifs is 1. The molecule has 2 aromatic heterocycles. The Kier molecular flexibility index (Phi) is 4.56. The fourth-order valence-corrected chi connectivity index (χ4v) is 5.08. The maximum absolute atomic E-state index is 13.2. The fraction of sp³-hybridized carbons (Fsp3) is 0.364. The number of benzene rings is 1. The molecule has 0 saturated carbocycles. The van der Waals surface area contributed by atoms with Crippen molar-refractivity contribution in [1.82, 2.24) is 20.2 Å². The second-order valence-corrected chi connectivity index (χ2v) is 8.99. The Bertz CT molecular complexity index is 1120. The van der Waals surface area contributed by atoms with E-state index in [0.29, 0.717) is 18.5 Å². The van der Waals surface area contributed by atoms with E-state index in [1.54, 1.807) is 23.6 Å². The molecule has 1 atom stereocenters. The van der Waals surface area contributed by atoms with Gasteiger partial charge in [-0.25, -0.2) is 14.7 Å². The van der Waals surface area contributed by atoms with Gasteiger partial charge in [0.2, 0.25) is 0 Å². The molecule has 0 unspecified atom stereocenters. The maximum Gasteiger partial charge on any atom is 0.329 e. The summed E-state index contributed by atoms with van der Waals surface area (Å²) in [6, 6.07) is 9.87. The van der Waals surface area contributed by atoms with Gasteiger partial charge in [-0.15, -0.1) is 11.3 Å². The van der Waals surface area contributed by atoms with Crippen molar-refractivity contribution in [2.24, 2.45) is 0 Å². The number of thiazole rings is 1. The molecule has 2 aliphatic rings. The number of anilines is 1. The van der Waals surface area contributed by atoms with E-state index < -0.39 is 5.54 Å². The predicted molar refractivity (Wildman–Crippen MR) is 117 cm³/mol. The molecular formula is C22H23N5O2S. The molecule has 5 rings (SSSR count). The highest BCUT2D eigenvalue weighted by Crippen LogP contribution is 2.35. The van der Waals surface area contributed by atoms with Crippen molar-refractivity contribution in [1.29, 1.82) is 0 Å². The van der Waals surface area contributed by atoms with Crippen LogP contribution in [0.1, 0.15) is 37.1 Å². The average Bonchev–Trinajstić information content (AvgIpc) is 3.31. The van der Waals surface area contributed by atoms with Crippen molar-refractivity contribution < 1.29 is 9.59 Å². The molecule has 3 amide bonds. The lowest BCUT2D eigenvalue weighted by molar-refractivity contribution is -0.124. The number of rotatable bonds is 3. The number of imide groups is 1. The quantitative estimate of drug-likeness (QED) is 0.653. The first kappa shape index (κ1) is 19.1. The fourth-order valence-electron chi connectivity index (χ4n) is 4.42. The molecule has 0 bridgehead atoms. The molecule has 30 heavy (non-hydrogen) atoms. The first-order valence-electron chi connectivity index (χ1n) is 10.1. The van der Waals surface area contributed by atoms with Crippen LogP contribution in [0.4, 0.5) is 10.5 Å². The molecule has 2 saturated heterocycles. The van der Waals surface area contributed by atoms with E-state index in [1.807, 2.05) is 18.5 Å². The molecule has 1 spiro atoms. The molecule has 4 heterocycles. The number of carbonyl (C=O) groups is 2. The molecule has 2 aliphatic heterocycles. The van der Waals surface area contributed by atoms with Gasteiger partial charge < -0.3 is 5.32 Å². The number of aromatic nitrogens is 2. The van der Waals surface area contributed by atoms with Crippen molar-refractivity contribution >= 4 is 39.2 Å². The summed E-state index contributed by atoms with van der Waals surface area (Å²) in [6.07, 6.45) is 2.77. The van der Waals surface area contributed by atoms with Crippen LogP contribution in [0.25, 0.3) is 10.2 Å². The predicted octanol–water partition coefficient (Wildman–Crippen LogP) is 3.65. The van der Waals surface area contributed by atoms with Gasteiger partial charge in [0.1, 0.15) is 5.54 Å². The van der Waals surface area contributed by atoms with Gasteiger partial charge in [-0.1, -0.05) is 6.07 Å². The lowest BCUT2D eigenvalue weighted by atomic mass is 9.86. The summed E-state index contributed by atoms with van der Waals surface area (Å²) in [7, 11) is 0. The number of likely N-dealkylation sites (tertiary alicyclic amines) is 1. The summed E-state index contributed by atoms with van der Waals surface area (Å²) >= 11 is 1.64. The number of hydrogen-bond acceptors (Lipinski definition) is 6. The van der Waals surface area contributed by atoms with E-state index in [2.05, 4.69) is 45.3 Å². The lowest BCUT2D eigenvalue weighted by Crippen LogP contribution is -2.55. The van der Waals surface area contributed by atoms with Gasteiger partial charge in [0.15, 0.2) is 0 Å². The van der Waals surface area contributed by atoms with Crippen LogP contribution in [0.2, 0.25) is 0 Å². The zero-order valence-electron chi connectivity index (χ0n) is 17.0. The zero-order valence-corrected chi connectivity index (χ0v) is 17.8. The first-order chi connectivity index (χ1) is 14.5. The Morgan fingerprint density at radius 1 is 1.13 bits per heavy atom. The smallest absolute Gasteiger partial charge is 0.323 e. The summed E-state index contributed by atoms with van der Waals surface area (Å²) in [6.45, 7) is 5.54. The van der Waals surface area contributed by atoms with E-state index >= 15 is 0 Å². The van der Waals surface area contributed by atoms with Gasteiger partial charge in [0.25, 0.3) is 5.91 Å². The molecule has 7 nitrogen and oxygen atoms in total. The molecule has 154 valence electrons. The van der Waals surface area contributed by atoms with Gasteiger partial charge in [-0.3, -0.25) is 14.7 Å². The van der Waals surface area contributed by atoms with Crippen molar-refractivity contribution in [3.05, 3.63) is 53.3 Å². The molecule has 0 radical (unpaired) electrons. The summed E-state index contributed by atoms with van der Waals surface area (Å²) in [4.78, 5) is 38.1. The highest BCUT2D eigenvalue weighted by Gasteiger charge is 2.53. The maximum atomic E-state index is 13.2. The topological polar surface area (TPSA) is 78.4 Å². The second-order valence-electron chi connectivity index (χ2n) is 8.10. The SMILES string of the molecule is Cc1ccc(N2C(=O)NC3(CCN([C@@H](C)c4ccc5scnc5c4)CC3)C2=O)cn1. The summed E-state index contributed by atoms with van der Waals surface area (Å²) in [5, 5.41) is 2.98. The third-order valence-electron chi connectivity index (χ3n) is 6.35. The van der Waals surface area contributed by atoms with E-state index in [9.17, 15) is 9.59 Å². The number of piperidine rings is 1. The Labute approximate surface area is 178 Å². The minimum atomic E-state index is -0.822. The Morgan fingerprint density at radius 2 is 1.93 bits per heavy atom. The van der Waals surface area contributed by atoms with Gasteiger partial charge in [-0.2, -0.15) is 0 Å². The summed E-state index contributed by atoms with van der Waals surface area (Å²) in [5.74, 6) is -0.172. The number of urea groups is 1. The molecular weight excluding hydrogens is 398 g/mol. The van der Waals surface area contributed by atoms with Crippen molar-refractivity contribution in [2.75, 3.05) is 18.0 Å². The van der Waals surface area contributed by atoms with Crippen LogP contribution in [0.15, 0.2) is 42.0 Å². The van der Waals surface area contributed by atoms with Gasteiger partial charge >= 0.3 is 6.03 Å². The number of hydrogen-bond donors (Lipinski definition) is 1. The number of amides is 3. The van der Waals surface area contributed by atoms with Crippen molar-refractivity contribution in [3.8, 4) is 0 Å². The summed E-state index contributed by atoms with van der Waals surface area (Å²) < 4.78 is 1.19. The highest BCUT2D eigenvalue weighted by molar-refractivity contribution is 7.16. The summed E-state index contributed by atoms with van der Waals surface area (Å²) in [5.41, 5.74) is 4.66. The van der Waals surface area contributed by atoms with Crippen molar-refractivity contribution in [3.63, 3.8) is 0 Å². The van der Waals surface area contributed by atoms with Crippen LogP contribution >= 0.6 is 11.3 Å². The molecule has 1 N–H and O–H groups in total. The van der Waals surface area contributed by atoms with Crippen LogP contribution in [0.3, 0.4) is 0 Å². The average molecular weight is 422 g/mol. The molecule has 8 heteroatoms. The van der Waals surface area contributed by atoms with Crippen LogP contribution in [-0.2, 0) is 4.79 Å². The molecule has 2 fully saturated rings. The van der Waals surface area contributed by atoms with E-state index in [1.165, 1.54) is 15.2 Å². The highest BCUT2D eigenvalue weighted by atomic mass is 32.1.